The number of aromatic nitrogens is 8. The summed E-state index contributed by atoms with van der Waals surface area (Å²) in [6.07, 6.45) is -8.40. The van der Waals surface area contributed by atoms with Gasteiger partial charge >= 0.3 is 8.25 Å². The second-order valence-corrected chi connectivity index (χ2v) is 14.1. The van der Waals surface area contributed by atoms with Crippen LogP contribution < -0.4 is 17.0 Å². The maximum absolute atomic E-state index is 15.7. The molecule has 0 aromatic carbocycles. The lowest BCUT2D eigenvalue weighted by atomic mass is 10.1. The van der Waals surface area contributed by atoms with Crippen molar-refractivity contribution >= 4 is 60.6 Å². The highest BCUT2D eigenvalue weighted by atomic mass is 32.5. The molecule has 19 nitrogen and oxygen atoms in total. The van der Waals surface area contributed by atoms with Gasteiger partial charge in [0.15, 0.2) is 47.7 Å². The molecule has 0 bridgehead atoms. The van der Waals surface area contributed by atoms with Crippen molar-refractivity contribution in [1.82, 2.24) is 39.0 Å². The molecular weight excluding hydrogens is 656 g/mol. The Morgan fingerprint density at radius 3 is 2.45 bits per heavy atom. The lowest BCUT2D eigenvalue weighted by Gasteiger charge is -2.29. The standard InChI is InChI=1S/C20H24F2N10O9P2S/c21-8-6(1-33)39-19(32-5-28-11-16(32)29-20(24)30-17(11)34)13(8)43(37,44)38-2-7-12(41-42(35)36)9(22)18(40-7)31-4-27-10-14(23)25-3-26-15(10)31/h3-9,12-13,18-19,33,42H,1-2H2,(H,35,36)(H,37,44)(H2,23,25,26)(H3,24,29,30,34)/t6-,7-,8-,9+,12-,13-,18-,19-,43?/m1/s1. The van der Waals surface area contributed by atoms with Crippen molar-refractivity contribution in [2.45, 2.75) is 48.8 Å². The monoisotopic (exact) mass is 680 g/mol. The molecule has 0 spiro atoms. The van der Waals surface area contributed by atoms with Gasteiger partial charge in [-0.15, -0.1) is 0 Å². The van der Waals surface area contributed by atoms with E-state index in [1.807, 2.05) is 0 Å². The maximum Gasteiger partial charge on any atom is 0.317 e. The Hall–Kier alpha value is -3.04. The number of fused-ring (bicyclic) bond motifs is 2. The third-order valence-electron chi connectivity index (χ3n) is 7.16. The number of H-pyrrole nitrogens is 1. The number of ether oxygens (including phenoxy) is 2. The Morgan fingerprint density at radius 2 is 1.75 bits per heavy atom. The number of nitrogens with two attached hydrogens (primary N) is 2. The number of hydrogen-bond donors (Lipinski definition) is 6. The van der Waals surface area contributed by atoms with Gasteiger partial charge in [0.25, 0.3) is 5.56 Å². The fraction of sp³-hybridized carbons (Fsp3) is 0.500. The van der Waals surface area contributed by atoms with Gasteiger partial charge in [-0.05, 0) is 11.8 Å². The van der Waals surface area contributed by atoms with Gasteiger partial charge in [-0.3, -0.25) is 23.5 Å². The smallest absolute Gasteiger partial charge is 0.317 e. The molecule has 2 unspecified atom stereocenters. The number of alkyl halides is 2. The van der Waals surface area contributed by atoms with Crippen LogP contribution in [0.2, 0.25) is 0 Å². The predicted molar refractivity (Wildman–Crippen MR) is 149 cm³/mol. The van der Waals surface area contributed by atoms with Gasteiger partial charge in [0.1, 0.15) is 42.0 Å². The van der Waals surface area contributed by atoms with Crippen molar-refractivity contribution in [2.75, 3.05) is 24.7 Å². The first kappa shape index (κ1) is 31.0. The first-order valence-electron chi connectivity index (χ1n) is 12.6. The van der Waals surface area contributed by atoms with E-state index in [4.69, 9.17) is 41.8 Å². The quantitative estimate of drug-likeness (QED) is 0.116. The summed E-state index contributed by atoms with van der Waals surface area (Å²) in [6, 6.07) is 0. The number of nitrogens with one attached hydrogen (secondary N) is 1. The summed E-state index contributed by atoms with van der Waals surface area (Å²) in [5.41, 5.74) is 9.03. The van der Waals surface area contributed by atoms with Gasteiger partial charge in [0.05, 0.1) is 25.9 Å². The molecule has 6 rings (SSSR count). The Labute approximate surface area is 249 Å². The van der Waals surface area contributed by atoms with Crippen LogP contribution >= 0.6 is 14.7 Å². The normalized spacial score (nSPS) is 31.1. The Kier molecular flexibility index (Phi) is 8.24. The van der Waals surface area contributed by atoms with Crippen LogP contribution in [0.5, 0.6) is 0 Å². The van der Waals surface area contributed by atoms with Gasteiger partial charge in [-0.1, -0.05) is 0 Å². The number of nitrogen functional groups attached to an aromatic ring is 2. The van der Waals surface area contributed by atoms with E-state index in [0.717, 1.165) is 17.2 Å². The lowest BCUT2D eigenvalue weighted by molar-refractivity contribution is -0.0405. The molecule has 0 aliphatic carbocycles. The van der Waals surface area contributed by atoms with Crippen molar-refractivity contribution in [2.24, 2.45) is 0 Å². The summed E-state index contributed by atoms with van der Waals surface area (Å²) >= 11 is 5.34. The van der Waals surface area contributed by atoms with Crippen molar-refractivity contribution in [1.29, 1.82) is 0 Å². The molecule has 10 atom stereocenters. The summed E-state index contributed by atoms with van der Waals surface area (Å²) in [4.78, 5) is 55.2. The summed E-state index contributed by atoms with van der Waals surface area (Å²) < 4.78 is 67.2. The largest absolute Gasteiger partial charge is 0.394 e. The van der Waals surface area contributed by atoms with E-state index in [9.17, 15) is 24.3 Å². The third-order valence-corrected chi connectivity index (χ3v) is 10.5. The number of aliphatic hydroxyl groups is 1. The van der Waals surface area contributed by atoms with Crippen LogP contribution in [0.25, 0.3) is 22.3 Å². The van der Waals surface area contributed by atoms with Crippen LogP contribution in [0.1, 0.15) is 12.5 Å². The molecule has 0 amide bonds. The number of aromatic amines is 1. The zero-order valence-electron chi connectivity index (χ0n) is 22.0. The van der Waals surface area contributed by atoms with E-state index in [1.54, 1.807) is 0 Å². The van der Waals surface area contributed by atoms with E-state index < -0.39 is 82.3 Å². The number of anilines is 2. The molecule has 0 saturated carbocycles. The number of aliphatic hydroxyl groups excluding tert-OH is 1. The van der Waals surface area contributed by atoms with Gasteiger partial charge < -0.3 is 44.9 Å². The highest BCUT2D eigenvalue weighted by Gasteiger charge is 2.55. The van der Waals surface area contributed by atoms with Gasteiger partial charge in [0, 0.05) is 0 Å². The minimum Gasteiger partial charge on any atom is -0.394 e. The molecule has 238 valence electrons. The van der Waals surface area contributed by atoms with Crippen LogP contribution in [-0.2, 0) is 34.9 Å². The molecule has 24 heteroatoms. The number of hydrogen-bond acceptors (Lipinski definition) is 15. The van der Waals surface area contributed by atoms with Crippen LogP contribution in [-0.4, -0.2) is 103 Å². The second-order valence-electron chi connectivity index (χ2n) is 9.76. The minimum atomic E-state index is -4.32. The highest BCUT2D eigenvalue weighted by molar-refractivity contribution is 8.09. The highest BCUT2D eigenvalue weighted by Crippen LogP contribution is 2.58. The third kappa shape index (κ3) is 5.30. The van der Waals surface area contributed by atoms with E-state index in [2.05, 4.69) is 29.9 Å². The predicted octanol–water partition coefficient (Wildman–Crippen LogP) is -0.959. The molecule has 2 fully saturated rings. The summed E-state index contributed by atoms with van der Waals surface area (Å²) in [7, 11) is -3.71. The minimum absolute atomic E-state index is 0.0136. The number of imidazole rings is 2. The Bertz CT molecular complexity index is 1850. The van der Waals surface area contributed by atoms with Crippen LogP contribution in [0.15, 0.2) is 23.8 Å². The first-order valence-corrected chi connectivity index (χ1v) is 16.6. The van der Waals surface area contributed by atoms with Crippen molar-refractivity contribution < 1.29 is 46.8 Å². The fourth-order valence-corrected chi connectivity index (χ4v) is 8.17. The number of rotatable bonds is 9. The molecule has 4 aromatic heterocycles. The van der Waals surface area contributed by atoms with Crippen molar-refractivity contribution in [3.63, 3.8) is 0 Å². The Morgan fingerprint density at radius 1 is 1.07 bits per heavy atom. The summed E-state index contributed by atoms with van der Waals surface area (Å²) in [5, 5.41) is 9.72. The Balaban J connectivity index is 1.29. The average Bonchev–Trinajstić information content (AvgIpc) is 3.72. The van der Waals surface area contributed by atoms with E-state index in [1.165, 1.54) is 10.9 Å². The topological polar surface area (TPSA) is 274 Å². The van der Waals surface area contributed by atoms with E-state index >= 15 is 8.78 Å². The molecule has 2 saturated heterocycles. The zero-order chi connectivity index (χ0) is 31.5. The molecule has 8 N–H and O–H groups in total. The first-order chi connectivity index (χ1) is 20.9. The fourth-order valence-electron chi connectivity index (χ4n) is 5.19. The van der Waals surface area contributed by atoms with Gasteiger partial charge in [-0.2, -0.15) is 4.98 Å². The van der Waals surface area contributed by atoms with Crippen LogP contribution in [0, 0.1) is 0 Å². The molecule has 44 heavy (non-hydrogen) atoms. The van der Waals surface area contributed by atoms with E-state index in [-0.39, 0.29) is 34.1 Å². The van der Waals surface area contributed by atoms with Crippen molar-refractivity contribution in [3.8, 4) is 0 Å². The average molecular weight is 680 g/mol. The van der Waals surface area contributed by atoms with Crippen molar-refractivity contribution in [3.05, 3.63) is 29.3 Å². The molecule has 0 radical (unpaired) electrons. The molecule has 2 aliphatic heterocycles. The van der Waals surface area contributed by atoms with Gasteiger partial charge in [-0.25, -0.2) is 28.7 Å². The van der Waals surface area contributed by atoms with Crippen LogP contribution in [0.3, 0.4) is 0 Å². The lowest BCUT2D eigenvalue weighted by Crippen LogP contribution is -2.34. The second kappa shape index (κ2) is 11.7. The molecule has 6 heterocycles. The summed E-state index contributed by atoms with van der Waals surface area (Å²) in [6.45, 7) is -5.86. The SMILES string of the molecule is Nc1nc2c(ncn2[C@@H]2O[C@H](CO)[C@@H](F)[C@H]2P(O)(=S)OC[C@H]2O[C@@H](n3cnc4c(N)ncnc43)[C@@H](F)[C@@H]2O[PH](=O)O)c(=O)[nH]1. The molecule has 4 aromatic rings. The number of nitrogens with zero attached hydrogens (tertiary/aromatic N) is 7. The van der Waals surface area contributed by atoms with Crippen LogP contribution in [0.4, 0.5) is 20.5 Å². The molecular formula is C20H24F2N10O9P2S. The summed E-state index contributed by atoms with van der Waals surface area (Å²) in [5.74, 6) is -0.267. The molecule has 2 aliphatic rings. The maximum atomic E-state index is 15.7. The van der Waals surface area contributed by atoms with E-state index in [0.29, 0.717) is 0 Å². The van der Waals surface area contributed by atoms with Gasteiger partial charge in [0.2, 0.25) is 5.95 Å². The number of halogens is 2. The zero-order valence-corrected chi connectivity index (χ0v) is 24.7.